The van der Waals surface area contributed by atoms with Crippen LogP contribution in [-0.2, 0) is 11.2 Å². The molecule has 6 nitrogen and oxygen atoms in total. The summed E-state index contributed by atoms with van der Waals surface area (Å²) in [6.45, 7) is 0.609. The van der Waals surface area contributed by atoms with E-state index in [1.165, 1.54) is 0 Å². The van der Waals surface area contributed by atoms with E-state index in [1.54, 1.807) is 23.5 Å². The van der Waals surface area contributed by atoms with Crippen molar-refractivity contribution in [2.75, 3.05) is 19.5 Å². The Hall–Kier alpha value is -1.08. The fourth-order valence-electron chi connectivity index (χ4n) is 1.13. The molecule has 0 saturated heterocycles. The molecule has 2 heterocycles. The Morgan fingerprint density at radius 3 is 3.21 bits per heavy atom. The van der Waals surface area contributed by atoms with Crippen LogP contribution in [0.25, 0.3) is 0 Å². The summed E-state index contributed by atoms with van der Waals surface area (Å²) < 4.78 is 6.65. The number of hydrogen-bond acceptors (Lipinski definition) is 6. The lowest BCUT2D eigenvalue weighted by molar-refractivity contribution is 0.199. The molecule has 2 N–H and O–H groups in total. The molecule has 1 aromatic rings. The smallest absolute Gasteiger partial charge is 0.212 e. The predicted molar refractivity (Wildman–Crippen MR) is 53.3 cm³/mol. The molecule has 1 aliphatic rings. The number of rotatable bonds is 3. The number of aromatic nitrogens is 3. The maximum absolute atomic E-state index is 5.63. The van der Waals surface area contributed by atoms with Crippen LogP contribution in [0.3, 0.4) is 0 Å². The third kappa shape index (κ3) is 1.73. The maximum atomic E-state index is 5.63. The van der Waals surface area contributed by atoms with E-state index in [0.717, 1.165) is 11.0 Å². The Bertz CT molecular complexity index is 361. The Kier molecular flexibility index (Phi) is 2.69. The zero-order valence-corrected chi connectivity index (χ0v) is 8.62. The normalized spacial score (nSPS) is 15.1. The van der Waals surface area contributed by atoms with E-state index in [9.17, 15) is 0 Å². The summed E-state index contributed by atoms with van der Waals surface area (Å²) in [7, 11) is 1.65. The van der Waals surface area contributed by atoms with Crippen LogP contribution in [0.2, 0.25) is 0 Å². The van der Waals surface area contributed by atoms with Gasteiger partial charge in [0.1, 0.15) is 5.84 Å². The van der Waals surface area contributed by atoms with Crippen LogP contribution >= 0.6 is 11.8 Å². The average molecular weight is 213 g/mol. The minimum atomic E-state index is 0.598. The van der Waals surface area contributed by atoms with Gasteiger partial charge in [-0.25, -0.2) is 0 Å². The van der Waals surface area contributed by atoms with E-state index in [0.29, 0.717) is 24.6 Å². The summed E-state index contributed by atoms with van der Waals surface area (Å²) in [4.78, 5) is 0. The van der Waals surface area contributed by atoms with Gasteiger partial charge >= 0.3 is 0 Å². The molecule has 0 bridgehead atoms. The Morgan fingerprint density at radius 2 is 2.43 bits per heavy atom. The van der Waals surface area contributed by atoms with Gasteiger partial charge in [-0.2, -0.15) is 9.78 Å². The topological polar surface area (TPSA) is 78.3 Å². The van der Waals surface area contributed by atoms with Gasteiger partial charge < -0.3 is 10.5 Å². The van der Waals surface area contributed by atoms with Crippen LogP contribution in [0, 0.1) is 0 Å². The van der Waals surface area contributed by atoms with Crippen molar-refractivity contribution in [2.24, 2.45) is 10.8 Å². The van der Waals surface area contributed by atoms with Crippen molar-refractivity contribution in [3.05, 3.63) is 5.82 Å². The van der Waals surface area contributed by atoms with Crippen LogP contribution in [-0.4, -0.2) is 40.2 Å². The molecule has 76 valence electrons. The number of nitrogens with two attached hydrogens (primary N) is 1. The number of ether oxygens (including phenoxy) is 1. The van der Waals surface area contributed by atoms with Crippen molar-refractivity contribution in [2.45, 2.75) is 11.6 Å². The summed E-state index contributed by atoms with van der Waals surface area (Å²) in [5.74, 6) is 2.07. The zero-order chi connectivity index (χ0) is 9.97. The molecular formula is C7H11N5OS. The van der Waals surface area contributed by atoms with Gasteiger partial charge in [0.05, 0.1) is 12.4 Å². The van der Waals surface area contributed by atoms with E-state index in [-0.39, 0.29) is 0 Å². The fourth-order valence-corrected chi connectivity index (χ4v) is 1.83. The molecule has 1 aromatic heterocycles. The molecule has 7 heteroatoms. The van der Waals surface area contributed by atoms with Gasteiger partial charge in [0, 0.05) is 13.5 Å². The first-order chi connectivity index (χ1) is 6.81. The zero-order valence-electron chi connectivity index (χ0n) is 7.80. The number of fused-ring (bicyclic) bond motifs is 1. The second-order valence-electron chi connectivity index (χ2n) is 2.83. The summed E-state index contributed by atoms with van der Waals surface area (Å²) >= 11 is 1.54. The van der Waals surface area contributed by atoms with Gasteiger partial charge in [0.2, 0.25) is 5.16 Å². The molecular weight excluding hydrogens is 202 g/mol. The van der Waals surface area contributed by atoms with E-state index < -0.39 is 0 Å². The molecule has 0 atom stereocenters. The van der Waals surface area contributed by atoms with Crippen molar-refractivity contribution in [1.29, 1.82) is 0 Å². The highest BCUT2D eigenvalue weighted by Crippen LogP contribution is 2.20. The average Bonchev–Trinajstić information content (AvgIpc) is 2.57. The highest BCUT2D eigenvalue weighted by Gasteiger charge is 2.16. The summed E-state index contributed by atoms with van der Waals surface area (Å²) in [5, 5.41) is 13.0. The third-order valence-corrected chi connectivity index (χ3v) is 2.74. The molecule has 0 unspecified atom stereocenters. The van der Waals surface area contributed by atoms with E-state index in [2.05, 4.69) is 15.3 Å². The van der Waals surface area contributed by atoms with Crippen LogP contribution in [0.1, 0.15) is 5.82 Å². The standard InChI is InChI=1S/C7H11N5OS/c1-13-3-2-6-9-10-7-12(6)11-5(8)4-14-7/h2-4H2,1H3,(H2,8,11). The molecule has 2 rings (SSSR count). The van der Waals surface area contributed by atoms with Gasteiger partial charge in [-0.1, -0.05) is 11.8 Å². The molecule has 0 saturated carbocycles. The highest BCUT2D eigenvalue weighted by atomic mass is 32.2. The molecule has 1 aliphatic heterocycles. The molecule has 0 fully saturated rings. The third-order valence-electron chi connectivity index (χ3n) is 1.78. The Labute approximate surface area is 85.5 Å². The minimum absolute atomic E-state index is 0.598. The summed E-state index contributed by atoms with van der Waals surface area (Å²) in [5.41, 5.74) is 5.63. The second kappa shape index (κ2) is 3.97. The molecule has 0 spiro atoms. The predicted octanol–water partition coefficient (Wildman–Crippen LogP) is -0.307. The van der Waals surface area contributed by atoms with Crippen molar-refractivity contribution < 1.29 is 4.74 Å². The lowest BCUT2D eigenvalue weighted by Crippen LogP contribution is -2.21. The first-order valence-corrected chi connectivity index (χ1v) is 5.19. The lowest BCUT2D eigenvalue weighted by Gasteiger charge is -2.09. The largest absolute Gasteiger partial charge is 0.385 e. The molecule has 0 aromatic carbocycles. The quantitative estimate of drug-likeness (QED) is 0.745. The van der Waals surface area contributed by atoms with Crippen LogP contribution in [0.5, 0.6) is 0 Å². The first kappa shape index (κ1) is 9.47. The fraction of sp³-hybridized carbons (Fsp3) is 0.571. The monoisotopic (exact) mass is 213 g/mol. The second-order valence-corrected chi connectivity index (χ2v) is 3.78. The number of hydrogen-bond donors (Lipinski definition) is 1. The van der Waals surface area contributed by atoms with Crippen LogP contribution in [0.15, 0.2) is 10.3 Å². The first-order valence-electron chi connectivity index (χ1n) is 4.20. The minimum Gasteiger partial charge on any atom is -0.385 e. The summed E-state index contributed by atoms with van der Waals surface area (Å²) in [6.07, 6.45) is 0.695. The van der Waals surface area contributed by atoms with E-state index >= 15 is 0 Å². The Morgan fingerprint density at radius 1 is 1.57 bits per heavy atom. The van der Waals surface area contributed by atoms with E-state index in [4.69, 9.17) is 10.5 Å². The van der Waals surface area contributed by atoms with Crippen molar-refractivity contribution in [3.63, 3.8) is 0 Å². The number of methoxy groups -OCH3 is 1. The van der Waals surface area contributed by atoms with E-state index in [1.807, 2.05) is 0 Å². The highest BCUT2D eigenvalue weighted by molar-refractivity contribution is 7.99. The molecule has 0 aliphatic carbocycles. The number of nitrogens with zero attached hydrogens (tertiary/aromatic N) is 4. The van der Waals surface area contributed by atoms with Gasteiger partial charge in [0.15, 0.2) is 5.82 Å². The van der Waals surface area contributed by atoms with Gasteiger partial charge in [-0.15, -0.1) is 10.2 Å². The molecule has 0 amide bonds. The van der Waals surface area contributed by atoms with Crippen LogP contribution in [0.4, 0.5) is 0 Å². The Balaban J connectivity index is 2.23. The van der Waals surface area contributed by atoms with Gasteiger partial charge in [-0.05, 0) is 0 Å². The number of thioether (sulfide) groups is 1. The molecule has 14 heavy (non-hydrogen) atoms. The van der Waals surface area contributed by atoms with Crippen molar-refractivity contribution in [3.8, 4) is 0 Å². The van der Waals surface area contributed by atoms with Crippen LogP contribution < -0.4 is 5.73 Å². The number of amidine groups is 1. The van der Waals surface area contributed by atoms with Crippen molar-refractivity contribution in [1.82, 2.24) is 14.9 Å². The van der Waals surface area contributed by atoms with Crippen molar-refractivity contribution >= 4 is 17.6 Å². The summed E-state index contributed by atoms with van der Waals surface area (Å²) in [6, 6.07) is 0. The SMILES string of the molecule is COCCc1nnc2n1N=C(N)CS2. The molecule has 0 radical (unpaired) electrons. The van der Waals surface area contributed by atoms with Gasteiger partial charge in [0.25, 0.3) is 0 Å². The lowest BCUT2D eigenvalue weighted by atomic mass is 10.4. The van der Waals surface area contributed by atoms with Gasteiger partial charge in [-0.3, -0.25) is 0 Å². The maximum Gasteiger partial charge on any atom is 0.212 e.